The highest BCUT2D eigenvalue weighted by Gasteiger charge is 2.14. The molecule has 0 aliphatic carbocycles. The van der Waals surface area contributed by atoms with Gasteiger partial charge in [0, 0.05) is 22.8 Å². The minimum Gasteiger partial charge on any atom is -0.497 e. The SMILES string of the molecule is COc1ccc(-n2ccc3c(-c4ccccc4)nc(SC)nc32)cc1. The molecule has 0 spiro atoms. The largest absolute Gasteiger partial charge is 0.497 e. The van der Waals surface area contributed by atoms with Crippen LogP contribution in [0.4, 0.5) is 0 Å². The maximum atomic E-state index is 5.25. The molecule has 2 aromatic carbocycles. The molecule has 4 aromatic rings. The van der Waals surface area contributed by atoms with Crippen molar-refractivity contribution in [1.82, 2.24) is 14.5 Å². The summed E-state index contributed by atoms with van der Waals surface area (Å²) in [4.78, 5) is 9.48. The van der Waals surface area contributed by atoms with Crippen LogP contribution in [0.1, 0.15) is 0 Å². The van der Waals surface area contributed by atoms with Crippen LogP contribution in [0.15, 0.2) is 72.0 Å². The Labute approximate surface area is 150 Å². The van der Waals surface area contributed by atoms with E-state index in [0.717, 1.165) is 38.9 Å². The first-order chi connectivity index (χ1) is 12.3. The van der Waals surface area contributed by atoms with Crippen LogP contribution < -0.4 is 4.74 Å². The predicted octanol–water partition coefficient (Wildman–Crippen LogP) is 4.82. The summed E-state index contributed by atoms with van der Waals surface area (Å²) in [5, 5.41) is 1.81. The summed E-state index contributed by atoms with van der Waals surface area (Å²) in [6.45, 7) is 0. The smallest absolute Gasteiger partial charge is 0.189 e. The van der Waals surface area contributed by atoms with Gasteiger partial charge in [0.05, 0.1) is 12.8 Å². The molecule has 0 aliphatic rings. The molecule has 0 fully saturated rings. The van der Waals surface area contributed by atoms with E-state index in [4.69, 9.17) is 14.7 Å². The number of aromatic nitrogens is 3. The molecule has 0 N–H and O–H groups in total. The third kappa shape index (κ3) is 2.87. The van der Waals surface area contributed by atoms with Crippen molar-refractivity contribution in [2.75, 3.05) is 13.4 Å². The summed E-state index contributed by atoms with van der Waals surface area (Å²) in [6.07, 6.45) is 4.04. The molecule has 0 bridgehead atoms. The molecule has 2 aromatic heterocycles. The fourth-order valence-corrected chi connectivity index (χ4v) is 3.21. The summed E-state index contributed by atoms with van der Waals surface area (Å²) in [5.74, 6) is 0.838. The highest BCUT2D eigenvalue weighted by Crippen LogP contribution is 2.30. The number of hydrogen-bond donors (Lipinski definition) is 0. The van der Waals surface area contributed by atoms with Gasteiger partial charge in [0.1, 0.15) is 11.4 Å². The van der Waals surface area contributed by atoms with Gasteiger partial charge in [0.25, 0.3) is 0 Å². The molecule has 0 aliphatic heterocycles. The second-order valence-corrected chi connectivity index (χ2v) is 6.32. The van der Waals surface area contributed by atoms with E-state index in [-0.39, 0.29) is 0 Å². The van der Waals surface area contributed by atoms with Crippen molar-refractivity contribution in [3.63, 3.8) is 0 Å². The summed E-state index contributed by atoms with van der Waals surface area (Å²) in [6, 6.07) is 20.3. The fourth-order valence-electron chi connectivity index (χ4n) is 2.85. The lowest BCUT2D eigenvalue weighted by Gasteiger charge is -2.09. The molecule has 25 heavy (non-hydrogen) atoms. The van der Waals surface area contributed by atoms with Crippen LogP contribution in [0.3, 0.4) is 0 Å². The van der Waals surface area contributed by atoms with E-state index in [2.05, 4.69) is 22.8 Å². The average Bonchev–Trinajstić information content (AvgIpc) is 3.12. The molecule has 5 heteroatoms. The molecular weight excluding hydrogens is 330 g/mol. The van der Waals surface area contributed by atoms with Gasteiger partial charge in [-0.3, -0.25) is 0 Å². The summed E-state index contributed by atoms with van der Waals surface area (Å²) in [7, 11) is 1.67. The van der Waals surface area contributed by atoms with Crippen LogP contribution in [0.5, 0.6) is 5.75 Å². The maximum absolute atomic E-state index is 5.25. The van der Waals surface area contributed by atoms with Crippen LogP contribution in [0, 0.1) is 0 Å². The zero-order chi connectivity index (χ0) is 17.2. The van der Waals surface area contributed by atoms with Crippen LogP contribution in [-0.2, 0) is 0 Å². The molecule has 0 atom stereocenters. The Kier molecular flexibility index (Phi) is 4.15. The van der Waals surface area contributed by atoms with Crippen LogP contribution in [0.2, 0.25) is 0 Å². The average molecular weight is 347 g/mol. The maximum Gasteiger partial charge on any atom is 0.189 e. The number of nitrogens with zero attached hydrogens (tertiary/aromatic N) is 3. The number of benzene rings is 2. The third-order valence-electron chi connectivity index (χ3n) is 4.10. The third-order valence-corrected chi connectivity index (χ3v) is 4.65. The van der Waals surface area contributed by atoms with Crippen molar-refractivity contribution < 1.29 is 4.74 Å². The van der Waals surface area contributed by atoms with Crippen molar-refractivity contribution in [3.05, 3.63) is 66.9 Å². The van der Waals surface area contributed by atoms with Crippen molar-refractivity contribution in [2.24, 2.45) is 0 Å². The second kappa shape index (κ2) is 6.61. The van der Waals surface area contributed by atoms with E-state index in [0.29, 0.717) is 0 Å². The molecule has 0 radical (unpaired) electrons. The zero-order valence-corrected chi connectivity index (χ0v) is 14.8. The molecule has 4 rings (SSSR count). The minimum absolute atomic E-state index is 0.764. The number of hydrogen-bond acceptors (Lipinski definition) is 4. The molecule has 0 amide bonds. The van der Waals surface area contributed by atoms with E-state index < -0.39 is 0 Å². The summed E-state index contributed by atoms with van der Waals surface area (Å²) in [5.41, 5.74) is 4.00. The normalized spacial score (nSPS) is 11.0. The van der Waals surface area contributed by atoms with Crippen molar-refractivity contribution in [1.29, 1.82) is 0 Å². The number of rotatable bonds is 4. The summed E-state index contributed by atoms with van der Waals surface area (Å²) < 4.78 is 7.34. The van der Waals surface area contributed by atoms with E-state index in [1.165, 1.54) is 0 Å². The molecule has 0 unspecified atom stereocenters. The Hall–Kier alpha value is -2.79. The van der Waals surface area contributed by atoms with Gasteiger partial charge in [-0.25, -0.2) is 9.97 Å². The Balaban J connectivity index is 1.93. The zero-order valence-electron chi connectivity index (χ0n) is 14.0. The van der Waals surface area contributed by atoms with Crippen molar-refractivity contribution in [3.8, 4) is 22.7 Å². The Morgan fingerprint density at radius 2 is 1.68 bits per heavy atom. The monoisotopic (exact) mass is 347 g/mol. The van der Waals surface area contributed by atoms with Crippen molar-refractivity contribution in [2.45, 2.75) is 5.16 Å². The predicted molar refractivity (Wildman–Crippen MR) is 103 cm³/mol. The first kappa shape index (κ1) is 15.7. The van der Waals surface area contributed by atoms with Crippen LogP contribution in [-0.4, -0.2) is 27.9 Å². The van der Waals surface area contributed by atoms with Gasteiger partial charge in [-0.05, 0) is 36.6 Å². The second-order valence-electron chi connectivity index (χ2n) is 5.55. The highest BCUT2D eigenvalue weighted by atomic mass is 32.2. The van der Waals surface area contributed by atoms with Crippen molar-refractivity contribution >= 4 is 22.8 Å². The molecule has 4 nitrogen and oxygen atoms in total. The van der Waals surface area contributed by atoms with Gasteiger partial charge in [-0.1, -0.05) is 42.1 Å². The first-order valence-corrected chi connectivity index (χ1v) is 9.15. The molecule has 124 valence electrons. The quantitative estimate of drug-likeness (QED) is 0.392. The lowest BCUT2D eigenvalue weighted by molar-refractivity contribution is 0.415. The van der Waals surface area contributed by atoms with Gasteiger partial charge >= 0.3 is 0 Å². The van der Waals surface area contributed by atoms with Gasteiger partial charge < -0.3 is 9.30 Å². The number of methoxy groups -OCH3 is 1. The highest BCUT2D eigenvalue weighted by molar-refractivity contribution is 7.98. The number of thioether (sulfide) groups is 1. The number of ether oxygens (including phenoxy) is 1. The fraction of sp³-hybridized carbons (Fsp3) is 0.100. The van der Waals surface area contributed by atoms with Crippen LogP contribution in [0.25, 0.3) is 28.0 Å². The van der Waals surface area contributed by atoms with Gasteiger partial charge in [-0.15, -0.1) is 0 Å². The van der Waals surface area contributed by atoms with E-state index in [1.54, 1.807) is 18.9 Å². The molecule has 2 heterocycles. The Morgan fingerprint density at radius 1 is 0.920 bits per heavy atom. The lowest BCUT2D eigenvalue weighted by Crippen LogP contribution is -1.98. The van der Waals surface area contributed by atoms with E-state index in [9.17, 15) is 0 Å². The minimum atomic E-state index is 0.764. The Morgan fingerprint density at radius 3 is 2.36 bits per heavy atom. The molecular formula is C20H17N3OS. The summed E-state index contributed by atoms with van der Waals surface area (Å²) >= 11 is 1.55. The van der Waals surface area contributed by atoms with E-state index in [1.807, 2.05) is 54.9 Å². The lowest BCUT2D eigenvalue weighted by atomic mass is 10.1. The Bertz CT molecular complexity index is 1010. The van der Waals surface area contributed by atoms with Gasteiger partial charge in [0.15, 0.2) is 5.16 Å². The molecule has 0 saturated heterocycles. The first-order valence-electron chi connectivity index (χ1n) is 7.93. The number of fused-ring (bicyclic) bond motifs is 1. The standard InChI is InChI=1S/C20H17N3OS/c1-24-16-10-8-15(9-11-16)23-13-12-17-18(14-6-4-3-5-7-14)21-20(25-2)22-19(17)23/h3-13H,1-2H3. The van der Waals surface area contributed by atoms with Gasteiger partial charge in [0.2, 0.25) is 0 Å². The van der Waals surface area contributed by atoms with Gasteiger partial charge in [-0.2, -0.15) is 0 Å². The molecule has 0 saturated carbocycles. The topological polar surface area (TPSA) is 39.9 Å². The van der Waals surface area contributed by atoms with Crippen LogP contribution >= 0.6 is 11.8 Å². The van der Waals surface area contributed by atoms with E-state index >= 15 is 0 Å².